The minimum absolute atomic E-state index is 0.0302. The molecule has 3 unspecified atom stereocenters. The Bertz CT molecular complexity index is 1850. The molecule has 0 radical (unpaired) electrons. The molecular weight excluding hydrogens is 721 g/mol. The van der Waals surface area contributed by atoms with Gasteiger partial charge < -0.3 is 20.1 Å². The molecule has 1 aromatic rings. The molecule has 2 N–H and O–H groups in total. The van der Waals surface area contributed by atoms with Crippen molar-refractivity contribution < 1.29 is 23.1 Å². The Kier molecular flexibility index (Phi) is 10.5. The van der Waals surface area contributed by atoms with Crippen molar-refractivity contribution in [1.82, 2.24) is 20.2 Å². The maximum Gasteiger partial charge on any atom is 0.316 e. The number of hydrogen-bond acceptors (Lipinski definition) is 8. The van der Waals surface area contributed by atoms with Crippen molar-refractivity contribution in [2.24, 2.45) is 50.7 Å². The van der Waals surface area contributed by atoms with E-state index in [0.717, 1.165) is 43.5 Å². The van der Waals surface area contributed by atoms with Crippen LogP contribution >= 0.6 is 0 Å². The second-order valence-electron chi connectivity index (χ2n) is 20.9. The van der Waals surface area contributed by atoms with Gasteiger partial charge in [0.15, 0.2) is 9.84 Å². The lowest BCUT2D eigenvalue weighted by atomic mass is 9.33. The Morgan fingerprint density at radius 1 is 0.929 bits per heavy atom. The largest absolute Gasteiger partial charge is 0.481 e. The van der Waals surface area contributed by atoms with Gasteiger partial charge in [0.1, 0.15) is 0 Å². The normalized spacial score (nSPS) is 41.6. The molecule has 5 fully saturated rings. The molecule has 0 bridgehead atoms. The van der Waals surface area contributed by atoms with E-state index in [-0.39, 0.29) is 16.4 Å². The summed E-state index contributed by atoms with van der Waals surface area (Å²) in [6.45, 7) is 18.6. The quantitative estimate of drug-likeness (QED) is 0.242. The number of aromatic nitrogens is 2. The molecule has 0 amide bonds. The second-order valence-corrected chi connectivity index (χ2v) is 23.2. The van der Waals surface area contributed by atoms with Crippen LogP contribution in [0.25, 0.3) is 0 Å². The maximum absolute atomic E-state index is 12.8. The van der Waals surface area contributed by atoms with Gasteiger partial charge >= 0.3 is 12.0 Å². The maximum atomic E-state index is 12.8. The van der Waals surface area contributed by atoms with Gasteiger partial charge in [0.2, 0.25) is 0 Å². The lowest BCUT2D eigenvalue weighted by molar-refractivity contribution is -0.218. The van der Waals surface area contributed by atoms with Gasteiger partial charge in [0.25, 0.3) is 0 Å². The van der Waals surface area contributed by atoms with Gasteiger partial charge in [-0.3, -0.25) is 4.79 Å². The molecule has 310 valence electrons. The zero-order chi connectivity index (χ0) is 39.8. The number of hydrogen-bond donors (Lipinski definition) is 2. The van der Waals surface area contributed by atoms with Crippen molar-refractivity contribution in [2.75, 3.05) is 44.3 Å². The average molecular weight is 791 g/mol. The summed E-state index contributed by atoms with van der Waals surface area (Å²) in [5.41, 5.74) is 4.03. The average Bonchev–Trinajstić information content (AvgIpc) is 3.57. The standard InChI is InChI=1S/C46H70N4O5S/c1-32-15-24-47-40(49-32)55-29-23-45(39(51)52)19-11-33(12-20-45)34-13-17-42(4)37(41(34,2)3)14-18-44(6)38(42)10-9-35-36-8-7-16-46(36,22-21-43(35,44)5)48-25-26-50-27-30-56(53,54)31-28-50/h11,13,15,24,35-38,48H,7-10,12,14,16-23,25-31H2,1-6H3,(H,51,52)/t35-,36-,37?,38?,42+,43-,44-,45?,46+/m1/s1. The number of nitrogens with one attached hydrogen (secondary N) is 1. The Balaban J connectivity index is 0.958. The molecule has 6 aliphatic carbocycles. The van der Waals surface area contributed by atoms with Crippen molar-refractivity contribution in [3.05, 3.63) is 41.3 Å². The molecule has 0 aromatic carbocycles. The summed E-state index contributed by atoms with van der Waals surface area (Å²) in [4.78, 5) is 23.6. The monoisotopic (exact) mass is 791 g/mol. The highest BCUT2D eigenvalue weighted by Gasteiger charge is 2.69. The van der Waals surface area contributed by atoms with E-state index < -0.39 is 21.2 Å². The summed E-state index contributed by atoms with van der Waals surface area (Å²) in [6, 6.07) is 2.14. The van der Waals surface area contributed by atoms with Crippen LogP contribution in [0, 0.1) is 57.7 Å². The van der Waals surface area contributed by atoms with Crippen LogP contribution in [0.5, 0.6) is 6.01 Å². The van der Waals surface area contributed by atoms with Crippen molar-refractivity contribution in [2.45, 2.75) is 137 Å². The van der Waals surface area contributed by atoms with Crippen molar-refractivity contribution in [3.8, 4) is 6.01 Å². The number of ether oxygens (including phenoxy) is 1. The summed E-state index contributed by atoms with van der Waals surface area (Å²) in [5, 5.41) is 14.6. The molecule has 0 spiro atoms. The first kappa shape index (κ1) is 40.5. The van der Waals surface area contributed by atoms with E-state index >= 15 is 0 Å². The molecule has 7 aliphatic rings. The van der Waals surface area contributed by atoms with E-state index in [1.807, 2.05) is 13.0 Å². The highest BCUT2D eigenvalue weighted by Crippen LogP contribution is 2.76. The number of fused-ring (bicyclic) bond motifs is 7. The van der Waals surface area contributed by atoms with E-state index in [9.17, 15) is 18.3 Å². The number of rotatable bonds is 10. The van der Waals surface area contributed by atoms with Crippen LogP contribution in [0.4, 0.5) is 0 Å². The van der Waals surface area contributed by atoms with Crippen LogP contribution in [0.2, 0.25) is 0 Å². The predicted octanol–water partition coefficient (Wildman–Crippen LogP) is 8.20. The number of allylic oxidation sites excluding steroid dienone is 4. The van der Waals surface area contributed by atoms with E-state index in [4.69, 9.17) is 4.74 Å². The fraction of sp³-hybridized carbons (Fsp3) is 0.804. The van der Waals surface area contributed by atoms with Crippen LogP contribution in [0.15, 0.2) is 35.6 Å². The molecule has 9 nitrogen and oxygen atoms in total. The van der Waals surface area contributed by atoms with Crippen LogP contribution < -0.4 is 10.1 Å². The third kappa shape index (κ3) is 6.62. The summed E-state index contributed by atoms with van der Waals surface area (Å²) < 4.78 is 29.8. The van der Waals surface area contributed by atoms with Crippen molar-refractivity contribution in [1.29, 1.82) is 0 Å². The SMILES string of the molecule is Cc1ccnc(OCCC2(C(=O)O)CC=C(C3=CC[C@@]4(C)C(CC[C@]5(C)C4CC[C@@H]4[C@H]6CCC[C@]6(NCCN6CCS(=O)(=O)CC6)CC[C@]45C)C3(C)C)CC2)n1. The fourth-order valence-electron chi connectivity index (χ4n) is 15.0. The van der Waals surface area contributed by atoms with Gasteiger partial charge in [0.05, 0.1) is 23.5 Å². The first-order chi connectivity index (χ1) is 26.5. The molecule has 4 saturated carbocycles. The molecule has 8 rings (SSSR count). The van der Waals surface area contributed by atoms with Gasteiger partial charge in [-0.25, -0.2) is 18.4 Å². The zero-order valence-electron chi connectivity index (χ0n) is 35.3. The van der Waals surface area contributed by atoms with Crippen LogP contribution in [-0.2, 0) is 14.6 Å². The lowest BCUT2D eigenvalue weighted by Crippen LogP contribution is -2.67. The van der Waals surface area contributed by atoms with Crippen LogP contribution in [0.3, 0.4) is 0 Å². The van der Waals surface area contributed by atoms with Gasteiger partial charge in [0, 0.05) is 43.6 Å². The molecule has 1 saturated heterocycles. The number of nitrogens with zero attached hydrogens (tertiary/aromatic N) is 3. The zero-order valence-corrected chi connectivity index (χ0v) is 36.1. The van der Waals surface area contributed by atoms with Gasteiger partial charge in [-0.1, -0.05) is 53.2 Å². The summed E-state index contributed by atoms with van der Waals surface area (Å²) in [6.07, 6.45) is 21.9. The number of carboxylic acid groups (broad SMARTS) is 1. The Morgan fingerprint density at radius 3 is 2.43 bits per heavy atom. The van der Waals surface area contributed by atoms with Crippen LogP contribution in [-0.4, -0.2) is 84.2 Å². The third-order valence-electron chi connectivity index (χ3n) is 18.3. The molecule has 1 aliphatic heterocycles. The molecule has 10 heteroatoms. The number of aliphatic carboxylic acids is 1. The Hall–Kier alpha value is -2.30. The van der Waals surface area contributed by atoms with Gasteiger partial charge in [-0.05, 0) is 153 Å². The fourth-order valence-corrected chi connectivity index (χ4v) is 16.2. The highest BCUT2D eigenvalue weighted by atomic mass is 32.2. The Labute approximate surface area is 337 Å². The molecule has 9 atom stereocenters. The van der Waals surface area contributed by atoms with Crippen LogP contribution in [0.1, 0.15) is 130 Å². The Morgan fingerprint density at radius 2 is 1.71 bits per heavy atom. The predicted molar refractivity (Wildman–Crippen MR) is 221 cm³/mol. The van der Waals surface area contributed by atoms with Gasteiger partial charge in [-0.2, -0.15) is 0 Å². The summed E-state index contributed by atoms with van der Waals surface area (Å²) in [7, 11) is -2.85. The molecule has 1 aromatic heterocycles. The number of aryl methyl sites for hydroxylation is 1. The summed E-state index contributed by atoms with van der Waals surface area (Å²) >= 11 is 0. The first-order valence-electron chi connectivity index (χ1n) is 22.2. The number of carboxylic acids is 1. The van der Waals surface area contributed by atoms with E-state index in [1.165, 1.54) is 68.9 Å². The van der Waals surface area contributed by atoms with E-state index in [2.05, 4.69) is 67.0 Å². The van der Waals surface area contributed by atoms with E-state index in [1.54, 1.807) is 6.20 Å². The van der Waals surface area contributed by atoms with Gasteiger partial charge in [-0.15, -0.1) is 0 Å². The first-order valence-corrected chi connectivity index (χ1v) is 24.0. The number of sulfone groups is 1. The lowest BCUT2D eigenvalue weighted by Gasteiger charge is -2.72. The minimum atomic E-state index is -2.85. The minimum Gasteiger partial charge on any atom is -0.481 e. The second kappa shape index (κ2) is 14.5. The third-order valence-corrected chi connectivity index (χ3v) is 19.9. The van der Waals surface area contributed by atoms with E-state index in [0.29, 0.717) is 79.1 Å². The van der Waals surface area contributed by atoms with Crippen molar-refractivity contribution >= 4 is 15.8 Å². The number of carbonyl (C=O) groups is 1. The molecule has 56 heavy (non-hydrogen) atoms. The highest BCUT2D eigenvalue weighted by molar-refractivity contribution is 7.91. The summed E-state index contributed by atoms with van der Waals surface area (Å²) in [5.74, 6) is 2.68. The molecule has 2 heterocycles. The molecular formula is C46H70N4O5S. The topological polar surface area (TPSA) is 122 Å². The smallest absolute Gasteiger partial charge is 0.316 e. The van der Waals surface area contributed by atoms with Crippen molar-refractivity contribution in [3.63, 3.8) is 0 Å².